The van der Waals surface area contributed by atoms with Crippen molar-refractivity contribution in [1.29, 1.82) is 0 Å². The van der Waals surface area contributed by atoms with Crippen LogP contribution in [0.25, 0.3) is 0 Å². The fourth-order valence-electron chi connectivity index (χ4n) is 4.19. The summed E-state index contributed by atoms with van der Waals surface area (Å²) in [4.78, 5) is 29.6. The fraction of sp³-hybridized carbons (Fsp3) is 0.619. The van der Waals surface area contributed by atoms with E-state index in [-0.39, 0.29) is 42.5 Å². The largest absolute Gasteiger partial charge is 0.340 e. The molecule has 0 bridgehead atoms. The zero-order valence-corrected chi connectivity index (χ0v) is 19.0. The molecule has 1 aromatic carbocycles. The number of amides is 2. The molecule has 2 aliphatic heterocycles. The lowest BCUT2D eigenvalue weighted by atomic mass is 10.1. The van der Waals surface area contributed by atoms with Crippen LogP contribution in [0.2, 0.25) is 0 Å². The first-order valence-corrected chi connectivity index (χ1v) is 10.2. The second-order valence-electron chi connectivity index (χ2n) is 7.55. The maximum absolute atomic E-state index is 12.8. The van der Waals surface area contributed by atoms with Crippen molar-refractivity contribution in [3.05, 3.63) is 29.8 Å². The van der Waals surface area contributed by atoms with E-state index in [9.17, 15) is 9.59 Å². The van der Waals surface area contributed by atoms with Crippen molar-refractivity contribution < 1.29 is 9.59 Å². The summed E-state index contributed by atoms with van der Waals surface area (Å²) in [5.41, 5.74) is 1.90. The highest BCUT2D eigenvalue weighted by Crippen LogP contribution is 2.25. The normalized spacial score (nSPS) is 21.6. The Labute approximate surface area is 186 Å². The minimum atomic E-state index is -0.263. The highest BCUT2D eigenvalue weighted by molar-refractivity contribution is 5.97. The van der Waals surface area contributed by atoms with Crippen LogP contribution in [0.1, 0.15) is 38.7 Å². The van der Waals surface area contributed by atoms with Crippen LogP contribution in [0, 0.1) is 5.92 Å². The summed E-state index contributed by atoms with van der Waals surface area (Å²) >= 11 is 0. The van der Waals surface area contributed by atoms with Gasteiger partial charge < -0.3 is 15.5 Å². The van der Waals surface area contributed by atoms with E-state index in [2.05, 4.69) is 29.4 Å². The number of halogens is 2. The molecule has 29 heavy (non-hydrogen) atoms. The van der Waals surface area contributed by atoms with Gasteiger partial charge in [0, 0.05) is 37.8 Å². The predicted octanol–water partition coefficient (Wildman–Crippen LogP) is 2.91. The van der Waals surface area contributed by atoms with Gasteiger partial charge in [-0.2, -0.15) is 0 Å². The maximum atomic E-state index is 12.8. The lowest BCUT2D eigenvalue weighted by Gasteiger charge is -2.27. The number of carbonyl (C=O) groups is 2. The Kier molecular flexibility index (Phi) is 11.0. The summed E-state index contributed by atoms with van der Waals surface area (Å²) < 4.78 is 0. The Morgan fingerprint density at radius 2 is 1.97 bits per heavy atom. The molecule has 0 aliphatic carbocycles. The molecule has 2 aliphatic rings. The van der Waals surface area contributed by atoms with Gasteiger partial charge in [0.2, 0.25) is 11.8 Å². The number of carbonyl (C=O) groups excluding carboxylic acids is 2. The topological polar surface area (TPSA) is 64.7 Å². The lowest BCUT2D eigenvalue weighted by molar-refractivity contribution is -0.128. The number of anilines is 1. The molecule has 2 atom stereocenters. The smallest absolute Gasteiger partial charge is 0.229 e. The molecule has 1 aromatic rings. The minimum absolute atomic E-state index is 0. The lowest BCUT2D eigenvalue weighted by Crippen LogP contribution is -2.41. The third-order valence-electron chi connectivity index (χ3n) is 5.76. The van der Waals surface area contributed by atoms with E-state index in [1.54, 1.807) is 0 Å². The molecule has 2 saturated heterocycles. The molecule has 0 aromatic heterocycles. The number of para-hydroxylation sites is 1. The Balaban J connectivity index is 0.00000210. The number of nitrogens with zero attached hydrogens (tertiary/aromatic N) is 2. The summed E-state index contributed by atoms with van der Waals surface area (Å²) in [6.07, 6.45) is 2.67. The van der Waals surface area contributed by atoms with Crippen LogP contribution in [0.5, 0.6) is 0 Å². The highest BCUT2D eigenvalue weighted by Gasteiger charge is 2.37. The van der Waals surface area contributed by atoms with Gasteiger partial charge in [-0.1, -0.05) is 32.0 Å². The van der Waals surface area contributed by atoms with Crippen molar-refractivity contribution in [2.24, 2.45) is 5.92 Å². The number of hydrogen-bond acceptors (Lipinski definition) is 4. The van der Waals surface area contributed by atoms with E-state index in [1.807, 2.05) is 29.2 Å². The van der Waals surface area contributed by atoms with Gasteiger partial charge in [-0.25, -0.2) is 0 Å². The van der Waals surface area contributed by atoms with Crippen LogP contribution in [0.3, 0.4) is 0 Å². The number of nitrogens with one attached hydrogen (secondary N) is 2. The number of likely N-dealkylation sites (tertiary alicyclic amines) is 2. The Morgan fingerprint density at radius 1 is 1.21 bits per heavy atom. The molecule has 2 heterocycles. The van der Waals surface area contributed by atoms with Crippen LogP contribution in [-0.4, -0.2) is 60.4 Å². The minimum Gasteiger partial charge on any atom is -0.340 e. The summed E-state index contributed by atoms with van der Waals surface area (Å²) in [5.74, 6) is -0.200. The Bertz CT molecular complexity index is 674. The van der Waals surface area contributed by atoms with E-state index in [1.165, 1.54) is 6.42 Å². The van der Waals surface area contributed by atoms with Gasteiger partial charge in [-0.15, -0.1) is 24.8 Å². The van der Waals surface area contributed by atoms with Gasteiger partial charge in [0.1, 0.15) is 0 Å². The van der Waals surface area contributed by atoms with Gasteiger partial charge in [-0.05, 0) is 44.1 Å². The first kappa shape index (κ1) is 25.7. The van der Waals surface area contributed by atoms with Crippen LogP contribution >= 0.6 is 24.8 Å². The number of benzene rings is 1. The molecule has 0 spiro atoms. The average Bonchev–Trinajstić information content (AvgIpc) is 3.28. The summed E-state index contributed by atoms with van der Waals surface area (Å²) in [5, 5.41) is 6.34. The van der Waals surface area contributed by atoms with Gasteiger partial charge in [0.05, 0.1) is 5.92 Å². The Hall–Kier alpha value is -1.34. The van der Waals surface area contributed by atoms with Crippen molar-refractivity contribution in [2.75, 3.05) is 38.0 Å². The molecule has 0 saturated carbocycles. The second-order valence-corrected chi connectivity index (χ2v) is 7.55. The predicted molar refractivity (Wildman–Crippen MR) is 122 cm³/mol. The number of likely N-dealkylation sites (N-methyl/N-ethyl adjacent to an activating group) is 1. The number of rotatable bonds is 8. The van der Waals surface area contributed by atoms with Crippen LogP contribution in [0.15, 0.2) is 24.3 Å². The monoisotopic (exact) mass is 444 g/mol. The van der Waals surface area contributed by atoms with E-state index < -0.39 is 0 Å². The summed E-state index contributed by atoms with van der Waals surface area (Å²) in [6, 6.07) is 8.29. The number of hydrogen-bond donors (Lipinski definition) is 2. The molecule has 6 nitrogen and oxygen atoms in total. The summed E-state index contributed by atoms with van der Waals surface area (Å²) in [7, 11) is 0. The van der Waals surface area contributed by atoms with Gasteiger partial charge in [-0.3, -0.25) is 14.5 Å². The van der Waals surface area contributed by atoms with Crippen molar-refractivity contribution in [3.63, 3.8) is 0 Å². The first-order valence-electron chi connectivity index (χ1n) is 10.2. The van der Waals surface area contributed by atoms with Gasteiger partial charge >= 0.3 is 0 Å². The van der Waals surface area contributed by atoms with Crippen molar-refractivity contribution in [2.45, 2.75) is 45.7 Å². The molecule has 2 N–H and O–H groups in total. The third-order valence-corrected chi connectivity index (χ3v) is 5.76. The van der Waals surface area contributed by atoms with E-state index in [0.717, 1.165) is 50.4 Å². The van der Waals surface area contributed by atoms with E-state index in [0.29, 0.717) is 19.0 Å². The first-order chi connectivity index (χ1) is 13.1. The molecule has 8 heteroatoms. The highest BCUT2D eigenvalue weighted by atomic mass is 35.5. The SMILES string of the molecule is CCNCc1ccccc1NC(=O)C1CC(=O)N(CC2CCCN2CC)C1.Cl.Cl. The Morgan fingerprint density at radius 3 is 2.69 bits per heavy atom. The molecular formula is C21H34Cl2N4O2. The summed E-state index contributed by atoms with van der Waals surface area (Å²) in [6.45, 7) is 9.27. The quantitative estimate of drug-likeness (QED) is 0.646. The zero-order valence-electron chi connectivity index (χ0n) is 17.4. The maximum Gasteiger partial charge on any atom is 0.229 e. The molecule has 2 fully saturated rings. The van der Waals surface area contributed by atoms with Gasteiger partial charge in [0.25, 0.3) is 0 Å². The van der Waals surface area contributed by atoms with E-state index >= 15 is 0 Å². The van der Waals surface area contributed by atoms with Crippen LogP contribution in [-0.2, 0) is 16.1 Å². The zero-order chi connectivity index (χ0) is 19.2. The van der Waals surface area contributed by atoms with Crippen LogP contribution < -0.4 is 10.6 Å². The second kappa shape index (κ2) is 12.4. The molecule has 2 unspecified atom stereocenters. The average molecular weight is 445 g/mol. The van der Waals surface area contributed by atoms with Gasteiger partial charge in [0.15, 0.2) is 0 Å². The third kappa shape index (κ3) is 6.57. The molecular weight excluding hydrogens is 411 g/mol. The van der Waals surface area contributed by atoms with Crippen molar-refractivity contribution in [3.8, 4) is 0 Å². The molecule has 2 amide bonds. The molecule has 0 radical (unpaired) electrons. The van der Waals surface area contributed by atoms with Crippen LogP contribution in [0.4, 0.5) is 5.69 Å². The van der Waals surface area contributed by atoms with E-state index in [4.69, 9.17) is 0 Å². The van der Waals surface area contributed by atoms with Crippen molar-refractivity contribution >= 4 is 42.3 Å². The van der Waals surface area contributed by atoms with Crippen molar-refractivity contribution in [1.82, 2.24) is 15.1 Å². The molecule has 3 rings (SSSR count). The molecule has 164 valence electrons. The fourth-order valence-corrected chi connectivity index (χ4v) is 4.19. The standard InChI is InChI=1S/C21H32N4O2.2ClH/c1-3-22-13-16-8-5-6-10-19(16)23-21(27)17-12-20(26)25(14-17)15-18-9-7-11-24(18)4-2;;/h5-6,8,10,17-18,22H,3-4,7,9,11-15H2,1-2H3,(H,23,27);2*1H.